The molecule has 0 aromatic heterocycles. The molecule has 42 heavy (non-hydrogen) atoms. The molecule has 0 spiro atoms. The minimum Gasteiger partial charge on any atom is -0.449 e. The van der Waals surface area contributed by atoms with Crippen LogP contribution in [0.3, 0.4) is 0 Å². The van der Waals surface area contributed by atoms with Crippen LogP contribution in [0.1, 0.15) is 0 Å². The van der Waals surface area contributed by atoms with Gasteiger partial charge in [0.1, 0.15) is 0 Å². The Hall–Kier alpha value is -5.11. The molecule has 0 atom stereocenters. The minimum atomic E-state index is -3.06. The van der Waals surface area contributed by atoms with Crippen LogP contribution in [0, 0.1) is 0 Å². The maximum atomic E-state index is 14.9. The van der Waals surface area contributed by atoms with E-state index >= 15 is 0 Å². The lowest BCUT2D eigenvalue weighted by atomic mass is 9.96. The first kappa shape index (κ1) is 24.7. The van der Waals surface area contributed by atoms with Crippen LogP contribution in [-0.2, 0) is 4.57 Å². The molecule has 1 heterocycles. The minimum absolute atomic E-state index is 0.677. The van der Waals surface area contributed by atoms with E-state index in [1.165, 1.54) is 0 Å². The highest BCUT2D eigenvalue weighted by atomic mass is 31.2. The van der Waals surface area contributed by atoms with Crippen LogP contribution in [-0.4, -0.2) is 0 Å². The van der Waals surface area contributed by atoms with E-state index in [2.05, 4.69) is 48.5 Å². The Bertz CT molecular complexity index is 2110. The van der Waals surface area contributed by atoms with Crippen LogP contribution in [0.25, 0.3) is 32.7 Å². The Morgan fingerprint density at radius 2 is 0.952 bits per heavy atom. The van der Waals surface area contributed by atoms with Crippen LogP contribution in [0.15, 0.2) is 152 Å². The third-order valence-corrected chi connectivity index (χ3v) is 11.1. The third kappa shape index (κ3) is 3.86. The second-order valence-electron chi connectivity index (χ2n) is 10.4. The molecule has 0 N–H and O–H groups in total. The number of rotatable bonds is 4. The van der Waals surface area contributed by atoms with Gasteiger partial charge in [-0.3, -0.25) is 0 Å². The predicted octanol–water partition coefficient (Wildman–Crippen LogP) is 9.20. The second-order valence-corrected chi connectivity index (χ2v) is 13.2. The number of benzene rings is 7. The lowest BCUT2D eigenvalue weighted by Gasteiger charge is -2.25. The van der Waals surface area contributed by atoms with Gasteiger partial charge in [0.2, 0.25) is 0 Å². The molecule has 0 saturated heterocycles. The van der Waals surface area contributed by atoms with E-state index in [0.717, 1.165) is 54.3 Å². The lowest BCUT2D eigenvalue weighted by Crippen LogP contribution is -2.24. The molecule has 8 rings (SSSR count). The summed E-state index contributed by atoms with van der Waals surface area (Å²) < 4.78 is 27.9. The molecule has 3 nitrogen and oxygen atoms in total. The number of hydrogen-bond acceptors (Lipinski definition) is 3. The van der Waals surface area contributed by atoms with Gasteiger partial charge in [0.05, 0.1) is 0 Å². The van der Waals surface area contributed by atoms with E-state index in [1.54, 1.807) is 0 Å². The molecule has 0 aliphatic carbocycles. The van der Waals surface area contributed by atoms with Crippen molar-refractivity contribution in [3.63, 3.8) is 0 Å². The summed E-state index contributed by atoms with van der Waals surface area (Å²) in [6.45, 7) is 0. The normalized spacial score (nSPS) is 12.3. The fourth-order valence-corrected chi connectivity index (χ4v) is 8.59. The first-order valence-electron chi connectivity index (χ1n) is 14.0. The summed E-state index contributed by atoms with van der Waals surface area (Å²) in [4.78, 5) is 0. The second kappa shape index (κ2) is 9.76. The van der Waals surface area contributed by atoms with Gasteiger partial charge in [-0.1, -0.05) is 140 Å². The van der Waals surface area contributed by atoms with Crippen LogP contribution in [0.5, 0.6) is 23.0 Å². The van der Waals surface area contributed by atoms with Crippen LogP contribution in [0.4, 0.5) is 0 Å². The first-order chi connectivity index (χ1) is 20.7. The molecule has 0 bridgehead atoms. The molecular weight excluding hydrogens is 535 g/mol. The van der Waals surface area contributed by atoms with E-state index in [0.29, 0.717) is 17.2 Å². The summed E-state index contributed by atoms with van der Waals surface area (Å²) >= 11 is 0. The van der Waals surface area contributed by atoms with Gasteiger partial charge in [-0.2, -0.15) is 0 Å². The van der Waals surface area contributed by atoms with E-state index in [4.69, 9.17) is 9.47 Å². The quantitative estimate of drug-likeness (QED) is 0.201. The lowest BCUT2D eigenvalue weighted by molar-refractivity contribution is 0.367. The Morgan fingerprint density at radius 1 is 0.429 bits per heavy atom. The van der Waals surface area contributed by atoms with Gasteiger partial charge >= 0.3 is 0 Å². The summed E-state index contributed by atoms with van der Waals surface area (Å²) in [7, 11) is -3.06. The van der Waals surface area contributed by atoms with Crippen LogP contribution >= 0.6 is 7.14 Å². The van der Waals surface area contributed by atoms with Gasteiger partial charge in [-0.15, -0.1) is 0 Å². The van der Waals surface area contributed by atoms with E-state index < -0.39 is 7.14 Å². The molecular formula is C38H25O3P. The van der Waals surface area contributed by atoms with Crippen molar-refractivity contribution < 1.29 is 14.0 Å². The van der Waals surface area contributed by atoms with Gasteiger partial charge < -0.3 is 14.0 Å². The largest absolute Gasteiger partial charge is 0.449 e. The van der Waals surface area contributed by atoms with Crippen molar-refractivity contribution in [2.24, 2.45) is 0 Å². The fraction of sp³-hybridized carbons (Fsp3) is 0. The van der Waals surface area contributed by atoms with Crippen molar-refractivity contribution in [3.8, 4) is 34.1 Å². The highest BCUT2D eigenvalue weighted by molar-refractivity contribution is 7.85. The highest BCUT2D eigenvalue weighted by Gasteiger charge is 2.30. The van der Waals surface area contributed by atoms with Gasteiger partial charge in [0.25, 0.3) is 0 Å². The molecule has 200 valence electrons. The standard InChI is InChI=1S/C38H25O3P/c39-42(28-12-3-1-4-13-28,29-14-5-2-6-15-29)30-22-19-27(20-23-30)34-25-36-38(33-18-10-9-17-32(33)34)40-35-24-21-26-11-7-8-16-31(26)37(35)41-36/h1-25H. The van der Waals surface area contributed by atoms with Crippen molar-refractivity contribution >= 4 is 44.6 Å². The van der Waals surface area contributed by atoms with Crippen LogP contribution < -0.4 is 25.4 Å². The van der Waals surface area contributed by atoms with E-state index in [9.17, 15) is 4.57 Å². The Morgan fingerprint density at radius 3 is 1.64 bits per heavy atom. The predicted molar refractivity (Wildman–Crippen MR) is 173 cm³/mol. The Kier molecular flexibility index (Phi) is 5.73. The molecule has 0 amide bonds. The summed E-state index contributed by atoms with van der Waals surface area (Å²) in [5.41, 5.74) is 2.04. The Labute approximate surface area is 244 Å². The average molecular weight is 561 g/mol. The first-order valence-corrected chi connectivity index (χ1v) is 15.7. The van der Waals surface area contributed by atoms with E-state index in [1.807, 2.05) is 103 Å². The molecule has 0 fully saturated rings. The van der Waals surface area contributed by atoms with Crippen molar-refractivity contribution in [1.29, 1.82) is 0 Å². The van der Waals surface area contributed by atoms with Gasteiger partial charge in [-0.25, -0.2) is 0 Å². The zero-order chi connectivity index (χ0) is 28.1. The highest BCUT2D eigenvalue weighted by Crippen LogP contribution is 2.53. The summed E-state index contributed by atoms with van der Waals surface area (Å²) in [5.74, 6) is 2.83. The number of hydrogen-bond donors (Lipinski definition) is 0. The molecule has 1 aliphatic heterocycles. The zero-order valence-corrected chi connectivity index (χ0v) is 23.5. The molecule has 0 saturated carbocycles. The van der Waals surface area contributed by atoms with Gasteiger partial charge in [-0.05, 0) is 34.0 Å². The average Bonchev–Trinajstić information content (AvgIpc) is 3.07. The molecule has 7 aromatic rings. The molecule has 1 aliphatic rings. The van der Waals surface area contributed by atoms with Crippen molar-refractivity contribution in [1.82, 2.24) is 0 Å². The fourth-order valence-electron chi connectivity index (χ4n) is 5.95. The summed E-state index contributed by atoms with van der Waals surface area (Å²) in [5, 5.41) is 6.59. The van der Waals surface area contributed by atoms with Crippen LogP contribution in [0.2, 0.25) is 0 Å². The number of fused-ring (bicyclic) bond motifs is 6. The smallest absolute Gasteiger partial charge is 0.177 e. The SMILES string of the molecule is O=P(c1ccccc1)(c1ccccc1)c1ccc(-c2cc3c(c4ccccc24)Oc2ccc4ccccc4c2O3)cc1. The molecule has 0 radical (unpaired) electrons. The molecule has 4 heteroatoms. The zero-order valence-electron chi connectivity index (χ0n) is 22.6. The summed E-state index contributed by atoms with van der Waals surface area (Å²) in [6, 6.07) is 50.2. The maximum Gasteiger partial charge on any atom is 0.177 e. The van der Waals surface area contributed by atoms with Crippen molar-refractivity contribution in [3.05, 3.63) is 152 Å². The molecule has 7 aromatic carbocycles. The monoisotopic (exact) mass is 560 g/mol. The van der Waals surface area contributed by atoms with Crippen molar-refractivity contribution in [2.45, 2.75) is 0 Å². The molecule has 0 unspecified atom stereocenters. The Balaban J connectivity index is 1.27. The maximum absolute atomic E-state index is 14.9. The van der Waals surface area contributed by atoms with Crippen molar-refractivity contribution in [2.75, 3.05) is 0 Å². The summed E-state index contributed by atoms with van der Waals surface area (Å²) in [6.07, 6.45) is 0. The van der Waals surface area contributed by atoms with E-state index in [-0.39, 0.29) is 0 Å². The third-order valence-electron chi connectivity index (χ3n) is 8.01. The van der Waals surface area contributed by atoms with Gasteiger partial charge in [0, 0.05) is 26.7 Å². The number of ether oxygens (including phenoxy) is 2. The topological polar surface area (TPSA) is 35.5 Å². The van der Waals surface area contributed by atoms with Gasteiger partial charge in [0.15, 0.2) is 30.1 Å².